The predicted molar refractivity (Wildman–Crippen MR) is 130 cm³/mol. The number of rotatable bonds is 3. The summed E-state index contributed by atoms with van der Waals surface area (Å²) >= 11 is 0. The maximum Gasteiger partial charge on any atom is 0.259 e. The molecule has 0 aliphatic carbocycles. The van der Waals surface area contributed by atoms with Gasteiger partial charge in [0.15, 0.2) is 5.82 Å². The van der Waals surface area contributed by atoms with Gasteiger partial charge in [0.1, 0.15) is 17.2 Å². The average Bonchev–Trinajstić information content (AvgIpc) is 3.17. The van der Waals surface area contributed by atoms with Crippen LogP contribution in [0.5, 0.6) is 0 Å². The van der Waals surface area contributed by atoms with Crippen LogP contribution in [0.25, 0.3) is 21.8 Å². The van der Waals surface area contributed by atoms with Gasteiger partial charge in [-0.3, -0.25) is 14.4 Å². The van der Waals surface area contributed by atoms with Gasteiger partial charge in [0.2, 0.25) is 0 Å². The molecular weight excluding hydrogens is 435 g/mol. The van der Waals surface area contributed by atoms with E-state index in [0.717, 1.165) is 24.3 Å². The molecule has 0 radical (unpaired) electrons. The Morgan fingerprint density at radius 1 is 1.09 bits per heavy atom. The molecule has 1 aromatic carbocycles. The highest BCUT2D eigenvalue weighted by Gasteiger charge is 2.29. The monoisotopic (exact) mass is 462 g/mol. The highest BCUT2D eigenvalue weighted by Crippen LogP contribution is 2.29. The van der Waals surface area contributed by atoms with Crippen molar-refractivity contribution in [3.8, 4) is 0 Å². The zero-order valence-electron chi connectivity index (χ0n) is 19.9. The lowest BCUT2D eigenvalue weighted by Gasteiger charge is -2.43. The van der Waals surface area contributed by atoms with Crippen molar-refractivity contribution in [1.82, 2.24) is 29.6 Å². The van der Waals surface area contributed by atoms with E-state index >= 15 is 0 Å². The SMILES string of the molecule is Cc1ncc2c(N3C[C@H](C)N(C)[C@@H](C)C3)ncc(C(=O)Nc3cc(F)c4nn(C)cc4c3)c2n1. The van der Waals surface area contributed by atoms with Crippen molar-refractivity contribution >= 4 is 39.2 Å². The van der Waals surface area contributed by atoms with Crippen LogP contribution in [0.4, 0.5) is 15.9 Å². The van der Waals surface area contributed by atoms with Crippen LogP contribution in [0, 0.1) is 12.7 Å². The summed E-state index contributed by atoms with van der Waals surface area (Å²) in [5.41, 5.74) is 1.44. The fraction of sp³-hybridized carbons (Fsp3) is 0.375. The molecule has 1 fully saturated rings. The highest BCUT2D eigenvalue weighted by molar-refractivity contribution is 6.13. The van der Waals surface area contributed by atoms with Crippen molar-refractivity contribution in [2.45, 2.75) is 32.9 Å². The molecule has 4 heterocycles. The van der Waals surface area contributed by atoms with Crippen molar-refractivity contribution in [2.24, 2.45) is 7.05 Å². The van der Waals surface area contributed by atoms with Crippen LogP contribution in [0.3, 0.4) is 0 Å². The summed E-state index contributed by atoms with van der Waals surface area (Å²) in [6, 6.07) is 3.67. The number of piperazine rings is 1. The van der Waals surface area contributed by atoms with Crippen LogP contribution >= 0.6 is 0 Å². The molecule has 4 aromatic rings. The number of amides is 1. The summed E-state index contributed by atoms with van der Waals surface area (Å²) in [6.07, 6.45) is 4.98. The van der Waals surface area contributed by atoms with Crippen molar-refractivity contribution in [3.05, 3.63) is 47.9 Å². The standard InChI is InChI=1S/C24H27FN8O/c1-13-10-33(11-14(2)32(13)5)23-18-8-26-15(3)28-22(18)19(9-27-23)24(34)29-17-6-16-12-31(4)30-21(16)20(25)7-17/h6-9,12-14H,10-11H2,1-5H3,(H,29,34)/t13-,14-/m0/s1. The van der Waals surface area contributed by atoms with E-state index in [1.54, 1.807) is 38.6 Å². The number of nitrogens with one attached hydrogen (secondary N) is 1. The van der Waals surface area contributed by atoms with E-state index < -0.39 is 11.7 Å². The molecule has 10 heteroatoms. The number of hydrogen-bond donors (Lipinski definition) is 1. The number of aryl methyl sites for hydroxylation is 2. The van der Waals surface area contributed by atoms with Crippen LogP contribution in [0.2, 0.25) is 0 Å². The molecule has 9 nitrogen and oxygen atoms in total. The molecule has 1 N–H and O–H groups in total. The van der Waals surface area contributed by atoms with Gasteiger partial charge >= 0.3 is 0 Å². The predicted octanol–water partition coefficient (Wildman–Crippen LogP) is 3.14. The van der Waals surface area contributed by atoms with Crippen molar-refractivity contribution < 1.29 is 9.18 Å². The second-order valence-corrected chi connectivity index (χ2v) is 9.10. The van der Waals surface area contributed by atoms with Gasteiger partial charge in [-0.15, -0.1) is 0 Å². The fourth-order valence-corrected chi connectivity index (χ4v) is 4.57. The number of aromatic nitrogens is 5. The van der Waals surface area contributed by atoms with Gasteiger partial charge < -0.3 is 10.2 Å². The van der Waals surface area contributed by atoms with Crippen LogP contribution in [0.1, 0.15) is 30.0 Å². The number of pyridine rings is 1. The minimum absolute atomic E-state index is 0.260. The first-order valence-electron chi connectivity index (χ1n) is 11.2. The number of likely N-dealkylation sites (N-methyl/N-ethyl adjacent to an activating group) is 1. The van der Waals surface area contributed by atoms with E-state index in [-0.39, 0.29) is 5.52 Å². The Bertz CT molecular complexity index is 1410. The van der Waals surface area contributed by atoms with E-state index in [4.69, 9.17) is 0 Å². The quantitative estimate of drug-likeness (QED) is 0.500. The van der Waals surface area contributed by atoms with Crippen LogP contribution in [-0.2, 0) is 7.05 Å². The number of carbonyl (C=O) groups is 1. The summed E-state index contributed by atoms with van der Waals surface area (Å²) in [6.45, 7) is 7.78. The van der Waals surface area contributed by atoms with Gasteiger partial charge in [0, 0.05) is 61.9 Å². The molecule has 1 saturated heterocycles. The number of benzene rings is 1. The molecule has 0 unspecified atom stereocenters. The van der Waals surface area contributed by atoms with Crippen molar-refractivity contribution in [2.75, 3.05) is 30.4 Å². The van der Waals surface area contributed by atoms with E-state index in [0.29, 0.717) is 40.1 Å². The Balaban J connectivity index is 1.52. The van der Waals surface area contributed by atoms with Gasteiger partial charge in [0.25, 0.3) is 5.91 Å². The van der Waals surface area contributed by atoms with Gasteiger partial charge in [-0.1, -0.05) is 0 Å². The highest BCUT2D eigenvalue weighted by atomic mass is 19.1. The Morgan fingerprint density at radius 2 is 1.82 bits per heavy atom. The lowest BCUT2D eigenvalue weighted by Crippen LogP contribution is -2.55. The van der Waals surface area contributed by atoms with E-state index in [9.17, 15) is 9.18 Å². The molecule has 2 atom stereocenters. The minimum Gasteiger partial charge on any atom is -0.353 e. The first-order chi connectivity index (χ1) is 16.2. The average molecular weight is 463 g/mol. The zero-order chi connectivity index (χ0) is 24.1. The van der Waals surface area contributed by atoms with Gasteiger partial charge in [-0.05, 0) is 40.0 Å². The van der Waals surface area contributed by atoms with Crippen LogP contribution in [0.15, 0.2) is 30.7 Å². The smallest absolute Gasteiger partial charge is 0.259 e. The number of hydrogen-bond acceptors (Lipinski definition) is 7. The largest absolute Gasteiger partial charge is 0.353 e. The molecule has 5 rings (SSSR count). The minimum atomic E-state index is -0.497. The molecule has 0 bridgehead atoms. The van der Waals surface area contributed by atoms with E-state index in [1.807, 2.05) is 0 Å². The zero-order valence-corrected chi connectivity index (χ0v) is 19.9. The topological polar surface area (TPSA) is 92.1 Å². The summed E-state index contributed by atoms with van der Waals surface area (Å²) in [4.78, 5) is 31.4. The molecular formula is C24H27FN8O. The van der Waals surface area contributed by atoms with E-state index in [2.05, 4.69) is 56.1 Å². The van der Waals surface area contributed by atoms with Gasteiger partial charge in [0.05, 0.1) is 16.5 Å². The first-order valence-corrected chi connectivity index (χ1v) is 11.2. The third-order valence-electron chi connectivity index (χ3n) is 6.56. The molecule has 1 aliphatic rings. The molecule has 0 spiro atoms. The first kappa shape index (κ1) is 22.1. The van der Waals surface area contributed by atoms with Crippen molar-refractivity contribution in [1.29, 1.82) is 0 Å². The van der Waals surface area contributed by atoms with Crippen LogP contribution in [-0.4, -0.2) is 67.8 Å². The molecule has 1 aliphatic heterocycles. The molecule has 1 amide bonds. The number of fused-ring (bicyclic) bond motifs is 2. The molecule has 0 saturated carbocycles. The third kappa shape index (κ3) is 3.83. The van der Waals surface area contributed by atoms with Crippen molar-refractivity contribution in [3.63, 3.8) is 0 Å². The maximum absolute atomic E-state index is 14.5. The Kier molecular flexibility index (Phi) is 5.40. The Morgan fingerprint density at radius 3 is 2.56 bits per heavy atom. The molecule has 34 heavy (non-hydrogen) atoms. The van der Waals surface area contributed by atoms with Gasteiger partial charge in [-0.25, -0.2) is 19.3 Å². The summed E-state index contributed by atoms with van der Waals surface area (Å²) in [5.74, 6) is 0.413. The fourth-order valence-electron chi connectivity index (χ4n) is 4.57. The second-order valence-electron chi connectivity index (χ2n) is 9.10. The van der Waals surface area contributed by atoms with Gasteiger partial charge in [-0.2, -0.15) is 5.10 Å². The number of halogens is 1. The third-order valence-corrected chi connectivity index (χ3v) is 6.56. The van der Waals surface area contributed by atoms with Crippen LogP contribution < -0.4 is 10.2 Å². The summed E-state index contributed by atoms with van der Waals surface area (Å²) in [7, 11) is 3.85. The summed E-state index contributed by atoms with van der Waals surface area (Å²) in [5, 5.41) is 8.22. The maximum atomic E-state index is 14.5. The lowest BCUT2D eigenvalue weighted by atomic mass is 10.1. The Labute approximate surface area is 196 Å². The van der Waals surface area contributed by atoms with E-state index in [1.165, 1.54) is 10.7 Å². The lowest BCUT2D eigenvalue weighted by molar-refractivity contribution is 0.102. The number of carbonyl (C=O) groups excluding carboxylic acids is 1. The normalized spacial score (nSPS) is 19.2. The summed E-state index contributed by atoms with van der Waals surface area (Å²) < 4.78 is 16.0. The molecule has 3 aromatic heterocycles. The second kappa shape index (κ2) is 8.28. The Hall–Kier alpha value is -3.66. The number of anilines is 2. The molecule has 176 valence electrons. The number of nitrogens with zero attached hydrogens (tertiary/aromatic N) is 7.